The minimum Gasteiger partial charge on any atom is -0.394 e. The summed E-state index contributed by atoms with van der Waals surface area (Å²) in [4.78, 5) is 0. The molecule has 0 aliphatic carbocycles. The Morgan fingerprint density at radius 2 is 2.19 bits per heavy atom. The maximum absolute atomic E-state index is 13.1. The highest BCUT2D eigenvalue weighted by molar-refractivity contribution is 9.10. The van der Waals surface area contributed by atoms with Gasteiger partial charge in [-0.15, -0.1) is 0 Å². The van der Waals surface area contributed by atoms with Crippen LogP contribution >= 0.6 is 15.9 Å². The van der Waals surface area contributed by atoms with Crippen molar-refractivity contribution in [2.24, 2.45) is 0 Å². The Balaban J connectivity index is 2.97. The monoisotopic (exact) mass is 289 g/mol. The van der Waals surface area contributed by atoms with Crippen molar-refractivity contribution < 1.29 is 9.50 Å². The van der Waals surface area contributed by atoms with Gasteiger partial charge in [0, 0.05) is 0 Å². The van der Waals surface area contributed by atoms with Crippen LogP contribution in [0.4, 0.5) is 4.39 Å². The molecule has 16 heavy (non-hydrogen) atoms. The molecule has 0 aliphatic rings. The Morgan fingerprint density at radius 1 is 1.50 bits per heavy atom. The third kappa shape index (κ3) is 3.03. The molecule has 0 heterocycles. The highest BCUT2D eigenvalue weighted by Gasteiger charge is 2.25. The van der Waals surface area contributed by atoms with Crippen LogP contribution in [0.15, 0.2) is 22.7 Å². The molecule has 4 heteroatoms. The van der Waals surface area contributed by atoms with Crippen LogP contribution in [0.2, 0.25) is 0 Å². The van der Waals surface area contributed by atoms with E-state index in [0.29, 0.717) is 4.47 Å². The summed E-state index contributed by atoms with van der Waals surface area (Å²) in [6, 6.07) is 4.80. The molecule has 2 N–H and O–H groups in total. The molecule has 0 aliphatic heterocycles. The number of aliphatic hydroxyl groups is 1. The summed E-state index contributed by atoms with van der Waals surface area (Å²) in [7, 11) is 0. The molecule has 1 atom stereocenters. The number of hydrogen-bond acceptors (Lipinski definition) is 2. The normalized spacial score (nSPS) is 14.8. The molecule has 1 unspecified atom stereocenters. The van der Waals surface area contributed by atoms with Crippen molar-refractivity contribution in [3.05, 3.63) is 34.1 Å². The van der Waals surface area contributed by atoms with Gasteiger partial charge in [-0.05, 0) is 53.5 Å². The summed E-state index contributed by atoms with van der Waals surface area (Å²) < 4.78 is 13.5. The summed E-state index contributed by atoms with van der Waals surface area (Å²) in [5, 5.41) is 12.7. The predicted octanol–water partition coefficient (Wildman–Crippen LogP) is 2.80. The quantitative estimate of drug-likeness (QED) is 0.874. The molecule has 0 aromatic heterocycles. The van der Waals surface area contributed by atoms with Crippen LogP contribution in [-0.4, -0.2) is 18.3 Å². The largest absolute Gasteiger partial charge is 0.394 e. The molecule has 0 saturated heterocycles. The smallest absolute Gasteiger partial charge is 0.137 e. The predicted molar refractivity (Wildman–Crippen MR) is 66.8 cm³/mol. The Morgan fingerprint density at radius 3 is 2.69 bits per heavy atom. The van der Waals surface area contributed by atoms with Gasteiger partial charge in [-0.25, -0.2) is 4.39 Å². The lowest BCUT2D eigenvalue weighted by atomic mass is 9.93. The maximum Gasteiger partial charge on any atom is 0.137 e. The zero-order valence-electron chi connectivity index (χ0n) is 9.56. The Bertz CT molecular complexity index is 359. The van der Waals surface area contributed by atoms with Crippen LogP contribution in [-0.2, 0) is 5.54 Å². The fourth-order valence-corrected chi connectivity index (χ4v) is 1.87. The molecule has 1 aromatic carbocycles. The van der Waals surface area contributed by atoms with E-state index in [9.17, 15) is 9.50 Å². The minimum atomic E-state index is -0.522. The van der Waals surface area contributed by atoms with Gasteiger partial charge in [-0.1, -0.05) is 13.0 Å². The van der Waals surface area contributed by atoms with Crippen LogP contribution in [0.25, 0.3) is 0 Å². The second-order valence-corrected chi connectivity index (χ2v) is 4.90. The van der Waals surface area contributed by atoms with Crippen molar-refractivity contribution in [2.75, 3.05) is 13.2 Å². The average Bonchev–Trinajstić information content (AvgIpc) is 2.29. The van der Waals surface area contributed by atoms with Crippen LogP contribution in [0, 0.1) is 5.82 Å². The Kier molecular flexibility index (Phi) is 4.89. The SMILES string of the molecule is CCCNC(C)(CO)c1ccc(F)c(Br)c1. The lowest BCUT2D eigenvalue weighted by Gasteiger charge is -2.29. The lowest BCUT2D eigenvalue weighted by Crippen LogP contribution is -2.43. The van der Waals surface area contributed by atoms with Crippen molar-refractivity contribution in [1.82, 2.24) is 5.32 Å². The molecule has 0 spiro atoms. The Hall–Kier alpha value is -0.450. The topological polar surface area (TPSA) is 32.3 Å². The van der Waals surface area contributed by atoms with Crippen LogP contribution < -0.4 is 5.32 Å². The van der Waals surface area contributed by atoms with Crippen molar-refractivity contribution in [2.45, 2.75) is 25.8 Å². The van der Waals surface area contributed by atoms with Crippen LogP contribution in [0.3, 0.4) is 0 Å². The van der Waals surface area contributed by atoms with E-state index in [2.05, 4.69) is 28.2 Å². The molecule has 0 bridgehead atoms. The zero-order chi connectivity index (χ0) is 12.2. The molecule has 0 saturated carbocycles. The van der Waals surface area contributed by atoms with Gasteiger partial charge in [-0.2, -0.15) is 0 Å². The molecule has 0 fully saturated rings. The molecular weight excluding hydrogens is 273 g/mol. The number of halogens is 2. The fraction of sp³-hybridized carbons (Fsp3) is 0.500. The van der Waals surface area contributed by atoms with Gasteiger partial charge in [0.15, 0.2) is 0 Å². The van der Waals surface area contributed by atoms with E-state index in [1.807, 2.05) is 6.92 Å². The van der Waals surface area contributed by atoms with Gasteiger partial charge in [0.2, 0.25) is 0 Å². The number of rotatable bonds is 5. The van der Waals surface area contributed by atoms with Gasteiger partial charge in [0.05, 0.1) is 16.6 Å². The first kappa shape index (κ1) is 13.6. The summed E-state index contributed by atoms with van der Waals surface area (Å²) in [5.41, 5.74) is 0.350. The first-order chi connectivity index (χ1) is 7.53. The summed E-state index contributed by atoms with van der Waals surface area (Å²) in [6.07, 6.45) is 0.984. The third-order valence-electron chi connectivity index (χ3n) is 2.64. The van der Waals surface area contributed by atoms with Crippen LogP contribution in [0.1, 0.15) is 25.8 Å². The number of nitrogens with one attached hydrogen (secondary N) is 1. The van der Waals surface area contributed by atoms with Crippen molar-refractivity contribution in [3.63, 3.8) is 0 Å². The van der Waals surface area contributed by atoms with Gasteiger partial charge in [-0.3, -0.25) is 0 Å². The van der Waals surface area contributed by atoms with E-state index in [-0.39, 0.29) is 12.4 Å². The van der Waals surface area contributed by atoms with Crippen molar-refractivity contribution in [1.29, 1.82) is 0 Å². The van der Waals surface area contributed by atoms with Gasteiger partial charge >= 0.3 is 0 Å². The zero-order valence-corrected chi connectivity index (χ0v) is 11.1. The molecule has 0 amide bonds. The number of aliphatic hydroxyl groups excluding tert-OH is 1. The molecule has 2 nitrogen and oxygen atoms in total. The average molecular weight is 290 g/mol. The second-order valence-electron chi connectivity index (χ2n) is 4.05. The molecule has 1 aromatic rings. The summed E-state index contributed by atoms with van der Waals surface area (Å²) >= 11 is 3.15. The van der Waals surface area contributed by atoms with E-state index in [1.54, 1.807) is 12.1 Å². The molecule has 0 radical (unpaired) electrons. The number of benzene rings is 1. The minimum absolute atomic E-state index is 0.0227. The van der Waals surface area contributed by atoms with E-state index < -0.39 is 5.54 Å². The highest BCUT2D eigenvalue weighted by atomic mass is 79.9. The summed E-state index contributed by atoms with van der Waals surface area (Å²) in [6.45, 7) is 4.75. The molecular formula is C12H17BrFNO. The van der Waals surface area contributed by atoms with Crippen molar-refractivity contribution in [3.8, 4) is 0 Å². The van der Waals surface area contributed by atoms with Gasteiger partial charge in [0.25, 0.3) is 0 Å². The summed E-state index contributed by atoms with van der Waals surface area (Å²) in [5.74, 6) is -0.292. The van der Waals surface area contributed by atoms with Crippen molar-refractivity contribution >= 4 is 15.9 Å². The number of hydrogen-bond donors (Lipinski definition) is 2. The first-order valence-corrected chi connectivity index (χ1v) is 6.14. The Labute approximate surface area is 104 Å². The third-order valence-corrected chi connectivity index (χ3v) is 3.25. The van der Waals surface area contributed by atoms with E-state index in [0.717, 1.165) is 18.5 Å². The standard InChI is InChI=1S/C12H17BrFNO/c1-3-6-15-12(2,8-16)9-4-5-11(14)10(13)7-9/h4-5,7,15-16H,3,6,8H2,1-2H3. The van der Waals surface area contributed by atoms with Crippen LogP contribution in [0.5, 0.6) is 0 Å². The molecule has 1 rings (SSSR count). The molecule has 90 valence electrons. The van der Waals surface area contributed by atoms with E-state index >= 15 is 0 Å². The highest BCUT2D eigenvalue weighted by Crippen LogP contribution is 2.25. The van der Waals surface area contributed by atoms with E-state index in [1.165, 1.54) is 6.07 Å². The van der Waals surface area contributed by atoms with Gasteiger partial charge < -0.3 is 10.4 Å². The lowest BCUT2D eigenvalue weighted by molar-refractivity contribution is 0.175. The van der Waals surface area contributed by atoms with Gasteiger partial charge in [0.1, 0.15) is 5.82 Å². The first-order valence-electron chi connectivity index (χ1n) is 5.35. The maximum atomic E-state index is 13.1. The second kappa shape index (κ2) is 5.75. The fourth-order valence-electron chi connectivity index (χ4n) is 1.49. The van der Waals surface area contributed by atoms with E-state index in [4.69, 9.17) is 0 Å².